The Morgan fingerprint density at radius 3 is 2.83 bits per heavy atom. The van der Waals surface area contributed by atoms with Crippen molar-refractivity contribution in [2.24, 2.45) is 5.73 Å². The number of rotatable bonds is 2. The minimum absolute atomic E-state index is 0.263. The van der Waals surface area contributed by atoms with E-state index in [2.05, 4.69) is 33.5 Å². The molecule has 100 valence electrons. The van der Waals surface area contributed by atoms with Gasteiger partial charge in [-0.2, -0.15) is 0 Å². The summed E-state index contributed by atoms with van der Waals surface area (Å²) in [5, 5.41) is 8.81. The summed E-state index contributed by atoms with van der Waals surface area (Å²) in [5.74, 6) is 2.25. The lowest BCUT2D eigenvalue weighted by Gasteiger charge is -2.29. The molecule has 1 fully saturated rings. The van der Waals surface area contributed by atoms with Crippen molar-refractivity contribution in [1.29, 1.82) is 0 Å². The highest BCUT2D eigenvalue weighted by molar-refractivity contribution is 5.07. The van der Waals surface area contributed by atoms with E-state index in [1.54, 1.807) is 0 Å². The molecule has 2 atom stereocenters. The molecule has 18 heavy (non-hydrogen) atoms. The first-order valence-electron chi connectivity index (χ1n) is 7.10. The van der Waals surface area contributed by atoms with Crippen molar-refractivity contribution in [3.05, 3.63) is 11.6 Å². The highest BCUT2D eigenvalue weighted by atomic mass is 15.3. The Labute approximate surface area is 108 Å². The molecule has 3 heterocycles. The van der Waals surface area contributed by atoms with Crippen molar-refractivity contribution in [3.63, 3.8) is 0 Å². The summed E-state index contributed by atoms with van der Waals surface area (Å²) in [6.07, 6.45) is 4.40. The van der Waals surface area contributed by atoms with Gasteiger partial charge in [-0.15, -0.1) is 10.2 Å². The largest absolute Gasteiger partial charge is 0.327 e. The fourth-order valence-electron chi connectivity index (χ4n) is 3.31. The Morgan fingerprint density at radius 1 is 1.22 bits per heavy atom. The van der Waals surface area contributed by atoms with Gasteiger partial charge >= 0.3 is 0 Å². The molecule has 0 spiro atoms. The topological polar surface area (TPSA) is 60.0 Å². The first kappa shape index (κ1) is 12.1. The standard InChI is InChI=1S/C13H23N5/c1-9(2)17-6-3-4-11(17)13-16-15-12-8-10(14)5-7-18(12)13/h9-11H,3-8,14H2,1-2H3. The molecule has 0 aromatic carbocycles. The fourth-order valence-corrected chi connectivity index (χ4v) is 3.31. The summed E-state index contributed by atoms with van der Waals surface area (Å²) in [4.78, 5) is 2.55. The molecule has 0 amide bonds. The monoisotopic (exact) mass is 249 g/mol. The van der Waals surface area contributed by atoms with Crippen LogP contribution in [0.25, 0.3) is 0 Å². The SMILES string of the molecule is CC(C)N1CCCC1c1nnc2n1CCC(N)C2. The highest BCUT2D eigenvalue weighted by Gasteiger charge is 2.33. The Hall–Kier alpha value is -0.940. The van der Waals surface area contributed by atoms with E-state index in [1.165, 1.54) is 25.2 Å². The summed E-state index contributed by atoms with van der Waals surface area (Å²) in [6.45, 7) is 6.70. The van der Waals surface area contributed by atoms with Gasteiger partial charge in [-0.05, 0) is 39.7 Å². The highest BCUT2D eigenvalue weighted by Crippen LogP contribution is 2.33. The molecule has 0 aliphatic carbocycles. The lowest BCUT2D eigenvalue weighted by molar-refractivity contribution is 0.193. The average Bonchev–Trinajstić information content (AvgIpc) is 2.92. The van der Waals surface area contributed by atoms with E-state index in [4.69, 9.17) is 5.73 Å². The quantitative estimate of drug-likeness (QED) is 0.852. The number of hydrogen-bond acceptors (Lipinski definition) is 4. The van der Waals surface area contributed by atoms with Crippen LogP contribution >= 0.6 is 0 Å². The third-order valence-electron chi connectivity index (χ3n) is 4.28. The molecule has 1 aromatic rings. The van der Waals surface area contributed by atoms with Gasteiger partial charge in [0.1, 0.15) is 11.6 Å². The third-order valence-corrected chi connectivity index (χ3v) is 4.28. The third kappa shape index (κ3) is 1.95. The summed E-state index contributed by atoms with van der Waals surface area (Å²) < 4.78 is 2.31. The molecule has 2 unspecified atom stereocenters. The van der Waals surface area contributed by atoms with Gasteiger partial charge in [-0.3, -0.25) is 4.90 Å². The van der Waals surface area contributed by atoms with Gasteiger partial charge in [0.25, 0.3) is 0 Å². The van der Waals surface area contributed by atoms with E-state index < -0.39 is 0 Å². The molecule has 0 saturated carbocycles. The second-order valence-corrected chi connectivity index (χ2v) is 5.87. The normalized spacial score (nSPS) is 28.9. The molecule has 0 bridgehead atoms. The lowest BCUT2D eigenvalue weighted by atomic mass is 10.1. The molecule has 1 saturated heterocycles. The second kappa shape index (κ2) is 4.63. The van der Waals surface area contributed by atoms with E-state index >= 15 is 0 Å². The van der Waals surface area contributed by atoms with Gasteiger partial charge in [-0.25, -0.2) is 0 Å². The number of nitrogens with zero attached hydrogens (tertiary/aromatic N) is 4. The molecule has 2 aliphatic heterocycles. The molecule has 0 radical (unpaired) electrons. The predicted molar refractivity (Wildman–Crippen MR) is 70.1 cm³/mol. The van der Waals surface area contributed by atoms with Gasteiger partial charge in [0.05, 0.1) is 6.04 Å². The van der Waals surface area contributed by atoms with Crippen molar-refractivity contribution in [3.8, 4) is 0 Å². The minimum Gasteiger partial charge on any atom is -0.327 e. The van der Waals surface area contributed by atoms with Gasteiger partial charge in [0.15, 0.2) is 0 Å². The molecule has 5 heteroatoms. The van der Waals surface area contributed by atoms with Crippen molar-refractivity contribution in [2.45, 2.75) is 64.2 Å². The van der Waals surface area contributed by atoms with Crippen LogP contribution in [0.2, 0.25) is 0 Å². The number of aromatic nitrogens is 3. The minimum atomic E-state index is 0.263. The maximum absolute atomic E-state index is 6.00. The zero-order chi connectivity index (χ0) is 12.7. The molecule has 3 rings (SSSR count). The number of nitrogens with two attached hydrogens (primary N) is 1. The number of likely N-dealkylation sites (tertiary alicyclic amines) is 1. The average molecular weight is 249 g/mol. The first-order valence-corrected chi connectivity index (χ1v) is 7.10. The van der Waals surface area contributed by atoms with Crippen LogP contribution < -0.4 is 5.73 Å². The molecule has 1 aromatic heterocycles. The zero-order valence-corrected chi connectivity index (χ0v) is 11.3. The van der Waals surface area contributed by atoms with E-state index in [1.807, 2.05) is 0 Å². The van der Waals surface area contributed by atoms with Gasteiger partial charge in [-0.1, -0.05) is 0 Å². The van der Waals surface area contributed by atoms with Crippen LogP contribution in [0.4, 0.5) is 0 Å². The van der Waals surface area contributed by atoms with Crippen LogP contribution in [-0.4, -0.2) is 38.3 Å². The van der Waals surface area contributed by atoms with Crippen LogP contribution in [0, 0.1) is 0 Å². The van der Waals surface area contributed by atoms with E-state index in [-0.39, 0.29) is 6.04 Å². The van der Waals surface area contributed by atoms with Crippen LogP contribution in [0.1, 0.15) is 50.8 Å². The zero-order valence-electron chi connectivity index (χ0n) is 11.3. The van der Waals surface area contributed by atoms with Crippen LogP contribution in [0.3, 0.4) is 0 Å². The van der Waals surface area contributed by atoms with Crippen molar-refractivity contribution >= 4 is 0 Å². The fraction of sp³-hybridized carbons (Fsp3) is 0.846. The Bertz CT molecular complexity index is 425. The van der Waals surface area contributed by atoms with Gasteiger partial charge < -0.3 is 10.3 Å². The van der Waals surface area contributed by atoms with Crippen LogP contribution in [-0.2, 0) is 13.0 Å². The van der Waals surface area contributed by atoms with E-state index in [0.717, 1.165) is 25.2 Å². The Kier molecular flexibility index (Phi) is 3.11. The summed E-state index contributed by atoms with van der Waals surface area (Å²) in [7, 11) is 0. The summed E-state index contributed by atoms with van der Waals surface area (Å²) in [6, 6.07) is 1.30. The smallest absolute Gasteiger partial charge is 0.150 e. The van der Waals surface area contributed by atoms with Gasteiger partial charge in [0, 0.05) is 25.0 Å². The Balaban J connectivity index is 1.89. The van der Waals surface area contributed by atoms with Gasteiger partial charge in [0.2, 0.25) is 0 Å². The van der Waals surface area contributed by atoms with Crippen LogP contribution in [0.5, 0.6) is 0 Å². The van der Waals surface area contributed by atoms with E-state index in [9.17, 15) is 0 Å². The van der Waals surface area contributed by atoms with Crippen molar-refractivity contribution < 1.29 is 0 Å². The number of fused-ring (bicyclic) bond motifs is 1. The second-order valence-electron chi connectivity index (χ2n) is 5.87. The molecular formula is C13H23N5. The molecular weight excluding hydrogens is 226 g/mol. The summed E-state index contributed by atoms with van der Waals surface area (Å²) in [5.41, 5.74) is 6.00. The molecule has 2 aliphatic rings. The summed E-state index contributed by atoms with van der Waals surface area (Å²) >= 11 is 0. The maximum atomic E-state index is 6.00. The first-order chi connectivity index (χ1) is 8.66. The molecule has 5 nitrogen and oxygen atoms in total. The maximum Gasteiger partial charge on any atom is 0.150 e. The molecule has 2 N–H and O–H groups in total. The predicted octanol–water partition coefficient (Wildman–Crippen LogP) is 1.10. The van der Waals surface area contributed by atoms with Crippen molar-refractivity contribution in [2.75, 3.05) is 6.54 Å². The number of hydrogen-bond donors (Lipinski definition) is 1. The van der Waals surface area contributed by atoms with E-state index in [0.29, 0.717) is 12.1 Å². The Morgan fingerprint density at radius 2 is 2.06 bits per heavy atom. The van der Waals surface area contributed by atoms with Crippen molar-refractivity contribution in [1.82, 2.24) is 19.7 Å². The lowest BCUT2D eigenvalue weighted by Crippen LogP contribution is -2.34. The van der Waals surface area contributed by atoms with Crippen LogP contribution in [0.15, 0.2) is 0 Å².